The van der Waals surface area contributed by atoms with E-state index in [2.05, 4.69) is 10.8 Å². The Morgan fingerprint density at radius 3 is 2.27 bits per heavy atom. The number of aliphatic hydroxyl groups is 1. The second-order valence-electron chi connectivity index (χ2n) is 14.8. The molecule has 274 valence electrons. The van der Waals surface area contributed by atoms with Crippen molar-refractivity contribution in [3.8, 4) is 0 Å². The van der Waals surface area contributed by atoms with Crippen LogP contribution in [0.2, 0.25) is 0 Å². The van der Waals surface area contributed by atoms with Crippen LogP contribution in [0.4, 0.5) is 0 Å². The quantitative estimate of drug-likeness (QED) is 0.0878. The van der Waals surface area contributed by atoms with E-state index in [9.17, 15) is 45.7 Å². The summed E-state index contributed by atoms with van der Waals surface area (Å²) in [7, 11) is -10.7. The van der Waals surface area contributed by atoms with Crippen LogP contribution in [0.3, 0.4) is 0 Å². The van der Waals surface area contributed by atoms with Crippen LogP contribution in [0.25, 0.3) is 0 Å². The second-order valence-corrected chi connectivity index (χ2v) is 16.9. The zero-order valence-corrected chi connectivity index (χ0v) is 28.8. The Hall–Kier alpha value is -1.74. The van der Waals surface area contributed by atoms with Crippen LogP contribution in [0.1, 0.15) is 72.1 Å². The molecule has 48 heavy (non-hydrogen) atoms. The van der Waals surface area contributed by atoms with Crippen molar-refractivity contribution in [1.29, 1.82) is 0 Å². The standard InChI is InChI=1S/C30H47NO15S2/c1-14(2)9-22(32)44-25-24(46-48(39,40)41)23(45-47(36,37)38)20(13-31)43-28(25)42-17-10-18(27(34)35)19-7-8-30-11-16(15(3)26(30)33)5-6-21(30)29(19,4)12-17/h14,16-21,23-26,28,33H,3,5-13,31H2,1-2,4H3,(H,34,35)(H,36,37,38)(H,39,40,41)/t16?,17?,18?,19?,20-,21?,23+,24-,25?,26-,28+,29?,30?/m0/s1. The molecule has 8 unspecified atom stereocenters. The summed E-state index contributed by atoms with van der Waals surface area (Å²) in [6, 6.07) is 0. The van der Waals surface area contributed by atoms with E-state index in [4.69, 9.17) is 24.1 Å². The van der Waals surface area contributed by atoms with Crippen LogP contribution < -0.4 is 5.73 Å². The molecular formula is C30H47NO15S2. The van der Waals surface area contributed by atoms with Gasteiger partial charge in [0.05, 0.1) is 18.1 Å². The van der Waals surface area contributed by atoms with Gasteiger partial charge in [-0.05, 0) is 79.6 Å². The number of ether oxygens (including phenoxy) is 3. The van der Waals surface area contributed by atoms with Crippen molar-refractivity contribution in [3.05, 3.63) is 12.2 Å². The predicted molar refractivity (Wildman–Crippen MR) is 164 cm³/mol. The third-order valence-corrected chi connectivity index (χ3v) is 12.5. The lowest BCUT2D eigenvalue weighted by Gasteiger charge is -2.62. The first-order valence-corrected chi connectivity index (χ1v) is 19.0. The minimum Gasteiger partial charge on any atom is -0.481 e. The molecule has 1 aliphatic heterocycles. The van der Waals surface area contributed by atoms with Crippen LogP contribution in [0.5, 0.6) is 0 Å². The number of carboxylic acids is 1. The molecule has 18 heteroatoms. The third kappa shape index (κ3) is 7.20. The second kappa shape index (κ2) is 13.4. The van der Waals surface area contributed by atoms with E-state index < -0.39 is 98.9 Å². The van der Waals surface area contributed by atoms with E-state index >= 15 is 0 Å². The van der Waals surface area contributed by atoms with Crippen LogP contribution >= 0.6 is 0 Å². The molecule has 0 aromatic rings. The lowest BCUT2D eigenvalue weighted by atomic mass is 9.43. The Balaban J connectivity index is 1.51. The average molecular weight is 726 g/mol. The number of carbonyl (C=O) groups is 2. The molecule has 0 aromatic carbocycles. The highest BCUT2D eigenvalue weighted by Crippen LogP contribution is 2.70. The maximum absolute atomic E-state index is 12.9. The summed E-state index contributed by atoms with van der Waals surface area (Å²) < 4.78 is 94.0. The largest absolute Gasteiger partial charge is 0.481 e. The minimum atomic E-state index is -5.37. The molecule has 0 radical (unpaired) electrons. The van der Waals surface area contributed by atoms with Gasteiger partial charge in [-0.25, -0.2) is 8.37 Å². The lowest BCUT2D eigenvalue weighted by molar-refractivity contribution is -0.311. The van der Waals surface area contributed by atoms with Gasteiger partial charge in [-0.15, -0.1) is 0 Å². The number of rotatable bonds is 11. The molecule has 1 saturated heterocycles. The van der Waals surface area contributed by atoms with Gasteiger partial charge in [-0.3, -0.25) is 18.7 Å². The maximum atomic E-state index is 12.9. The maximum Gasteiger partial charge on any atom is 0.397 e. The van der Waals surface area contributed by atoms with Crippen molar-refractivity contribution in [2.75, 3.05) is 6.54 Å². The number of fused-ring (bicyclic) bond motifs is 3. The highest BCUT2D eigenvalue weighted by atomic mass is 32.3. The Labute approximate surface area is 280 Å². The van der Waals surface area contributed by atoms with Crippen molar-refractivity contribution in [3.63, 3.8) is 0 Å². The fourth-order valence-corrected chi connectivity index (χ4v) is 10.9. The third-order valence-electron chi connectivity index (χ3n) is 11.6. The normalized spacial score (nSPS) is 43.0. The highest BCUT2D eigenvalue weighted by Gasteiger charge is 2.67. The fraction of sp³-hybridized carbons (Fsp3) is 0.867. The summed E-state index contributed by atoms with van der Waals surface area (Å²) in [4.78, 5) is 25.7. The molecule has 1 heterocycles. The molecule has 5 rings (SSSR count). The number of carbonyl (C=O) groups excluding carboxylic acids is 1. The molecule has 2 bridgehead atoms. The summed E-state index contributed by atoms with van der Waals surface area (Å²) in [5.41, 5.74) is 5.56. The molecular weight excluding hydrogens is 678 g/mol. The first-order valence-electron chi connectivity index (χ1n) is 16.3. The van der Waals surface area contributed by atoms with E-state index in [1.54, 1.807) is 13.8 Å². The summed E-state index contributed by atoms with van der Waals surface area (Å²) >= 11 is 0. The van der Waals surface area contributed by atoms with E-state index in [-0.39, 0.29) is 36.5 Å². The number of hydrogen-bond donors (Lipinski definition) is 5. The van der Waals surface area contributed by atoms with Crippen molar-refractivity contribution in [1.82, 2.24) is 0 Å². The summed E-state index contributed by atoms with van der Waals surface area (Å²) in [6.07, 6.45) is -7.15. The van der Waals surface area contributed by atoms with Gasteiger partial charge in [0.15, 0.2) is 18.5 Å². The van der Waals surface area contributed by atoms with Crippen molar-refractivity contribution in [2.45, 2.75) is 115 Å². The Morgan fingerprint density at radius 1 is 1.04 bits per heavy atom. The zero-order valence-electron chi connectivity index (χ0n) is 27.2. The molecule has 5 fully saturated rings. The summed E-state index contributed by atoms with van der Waals surface area (Å²) in [5.74, 6) is -3.10. The lowest BCUT2D eigenvalue weighted by Crippen LogP contribution is -2.64. The van der Waals surface area contributed by atoms with Crippen LogP contribution in [-0.4, -0.2) is 97.6 Å². The molecule has 0 amide bonds. The number of nitrogens with two attached hydrogens (primary N) is 1. The van der Waals surface area contributed by atoms with Crippen LogP contribution in [0, 0.1) is 40.4 Å². The van der Waals surface area contributed by atoms with Gasteiger partial charge >= 0.3 is 32.7 Å². The molecule has 0 aromatic heterocycles. The molecule has 13 atom stereocenters. The summed E-state index contributed by atoms with van der Waals surface area (Å²) in [6.45, 7) is 9.08. The molecule has 4 saturated carbocycles. The Morgan fingerprint density at radius 2 is 1.69 bits per heavy atom. The minimum absolute atomic E-state index is 0.0157. The van der Waals surface area contributed by atoms with Crippen molar-refractivity contribution >= 4 is 32.7 Å². The monoisotopic (exact) mass is 725 g/mol. The van der Waals surface area contributed by atoms with Crippen molar-refractivity contribution < 1.29 is 68.3 Å². The van der Waals surface area contributed by atoms with Gasteiger partial charge < -0.3 is 30.2 Å². The van der Waals surface area contributed by atoms with Crippen molar-refractivity contribution in [2.24, 2.45) is 46.2 Å². The summed E-state index contributed by atoms with van der Waals surface area (Å²) in [5, 5.41) is 21.9. The first-order chi connectivity index (χ1) is 22.2. The number of aliphatic hydroxyl groups excluding tert-OH is 1. The molecule has 5 aliphatic rings. The molecule has 1 spiro atoms. The number of carboxylic acid groups (broad SMARTS) is 1. The number of esters is 1. The van der Waals surface area contributed by atoms with Crippen LogP contribution in [0.15, 0.2) is 12.2 Å². The van der Waals surface area contributed by atoms with Gasteiger partial charge in [0, 0.05) is 18.4 Å². The molecule has 6 N–H and O–H groups in total. The zero-order chi connectivity index (χ0) is 35.6. The van der Waals surface area contributed by atoms with Crippen LogP contribution in [-0.2, 0) is 53.0 Å². The fourth-order valence-electron chi connectivity index (χ4n) is 9.87. The van der Waals surface area contributed by atoms with E-state index in [0.29, 0.717) is 19.3 Å². The van der Waals surface area contributed by atoms with Gasteiger partial charge in [0.25, 0.3) is 0 Å². The van der Waals surface area contributed by atoms with Gasteiger partial charge in [-0.2, -0.15) is 16.8 Å². The van der Waals surface area contributed by atoms with Gasteiger partial charge in [-0.1, -0.05) is 27.4 Å². The Kier molecular flexibility index (Phi) is 10.5. The SMILES string of the molecule is C=C1C2CCC3C4(C)CC(O[C@@H]5O[C@@H](CN)[C@@H](OS(=O)(=O)O)[C@H](OS(=O)(=O)O)C5OC(=O)CC(C)C)CC(C(=O)O)C4CCC3(C2)[C@H]1O. The van der Waals surface area contributed by atoms with E-state index in [1.807, 2.05) is 6.92 Å². The first kappa shape index (κ1) is 37.5. The van der Waals surface area contributed by atoms with Gasteiger partial charge in [0.1, 0.15) is 12.2 Å². The van der Waals surface area contributed by atoms with E-state index in [1.165, 1.54) is 0 Å². The number of aliphatic carboxylic acids is 1. The Bertz CT molecular complexity index is 1490. The topological polar surface area (TPSA) is 256 Å². The molecule has 4 aliphatic carbocycles. The molecule has 16 nitrogen and oxygen atoms in total. The van der Waals surface area contributed by atoms with E-state index in [0.717, 1.165) is 24.8 Å². The average Bonchev–Trinajstić information content (AvgIpc) is 3.12. The number of hydrogen-bond acceptors (Lipinski definition) is 13. The van der Waals surface area contributed by atoms with Gasteiger partial charge in [0.2, 0.25) is 0 Å². The smallest absolute Gasteiger partial charge is 0.397 e. The highest BCUT2D eigenvalue weighted by molar-refractivity contribution is 7.81. The predicted octanol–water partition coefficient (Wildman–Crippen LogP) is 1.63.